The van der Waals surface area contributed by atoms with Gasteiger partial charge in [0.2, 0.25) is 0 Å². The van der Waals surface area contributed by atoms with Gasteiger partial charge in [-0.15, -0.1) is 0 Å². The van der Waals surface area contributed by atoms with E-state index in [2.05, 4.69) is 9.97 Å². The lowest BCUT2D eigenvalue weighted by Gasteiger charge is -2.03. The number of hydrogen-bond donors (Lipinski definition) is 1. The van der Waals surface area contributed by atoms with Crippen LogP contribution >= 0.6 is 0 Å². The summed E-state index contributed by atoms with van der Waals surface area (Å²) in [6, 6.07) is 0. The average molecular weight is 178 g/mol. The molecule has 1 aliphatic rings. The molecule has 0 aromatic carbocycles. The normalized spacial score (nSPS) is 16.2. The van der Waals surface area contributed by atoms with Crippen molar-refractivity contribution < 1.29 is 0 Å². The van der Waals surface area contributed by atoms with Gasteiger partial charge in [0.1, 0.15) is 5.82 Å². The van der Waals surface area contributed by atoms with Crippen molar-refractivity contribution in [3.05, 3.63) is 27.4 Å². The minimum absolute atomic E-state index is 0.0359. The molecule has 0 unspecified atom stereocenters. The van der Waals surface area contributed by atoms with Crippen LogP contribution in [0.2, 0.25) is 0 Å². The second-order valence-electron chi connectivity index (χ2n) is 3.65. The van der Waals surface area contributed by atoms with Crippen molar-refractivity contribution in [3.8, 4) is 0 Å². The minimum Gasteiger partial charge on any atom is -0.310 e. The van der Waals surface area contributed by atoms with Crippen LogP contribution in [0, 0.1) is 6.92 Å². The highest BCUT2D eigenvalue weighted by atomic mass is 16.1. The molecule has 0 spiro atoms. The maximum atomic E-state index is 11.5. The quantitative estimate of drug-likeness (QED) is 0.746. The Hall–Kier alpha value is -1.12. The second kappa shape index (κ2) is 2.98. The Labute approximate surface area is 77.2 Å². The highest BCUT2D eigenvalue weighted by Crippen LogP contribution is 2.37. The van der Waals surface area contributed by atoms with Gasteiger partial charge in [-0.05, 0) is 26.2 Å². The van der Waals surface area contributed by atoms with Crippen molar-refractivity contribution in [2.45, 2.75) is 39.0 Å². The fourth-order valence-corrected chi connectivity index (χ4v) is 1.49. The third-order valence-electron chi connectivity index (χ3n) is 2.57. The van der Waals surface area contributed by atoms with Gasteiger partial charge in [0.15, 0.2) is 0 Å². The summed E-state index contributed by atoms with van der Waals surface area (Å²) in [5, 5.41) is 0. The van der Waals surface area contributed by atoms with E-state index < -0.39 is 0 Å². The van der Waals surface area contributed by atoms with Crippen molar-refractivity contribution in [3.63, 3.8) is 0 Å². The number of H-pyrrole nitrogens is 1. The monoisotopic (exact) mass is 178 g/mol. The Kier molecular flexibility index (Phi) is 1.94. The summed E-state index contributed by atoms with van der Waals surface area (Å²) in [5.74, 6) is 1.42. The number of nitrogens with one attached hydrogen (secondary N) is 1. The van der Waals surface area contributed by atoms with Crippen LogP contribution in [0.1, 0.15) is 42.8 Å². The van der Waals surface area contributed by atoms with E-state index in [1.54, 1.807) is 0 Å². The maximum Gasteiger partial charge on any atom is 0.254 e. The first-order valence-electron chi connectivity index (χ1n) is 4.82. The lowest BCUT2D eigenvalue weighted by molar-refractivity contribution is 0.845. The number of rotatable bonds is 2. The smallest absolute Gasteiger partial charge is 0.254 e. The van der Waals surface area contributed by atoms with Crippen molar-refractivity contribution in [1.29, 1.82) is 0 Å². The van der Waals surface area contributed by atoms with E-state index in [1.165, 1.54) is 12.8 Å². The molecule has 0 radical (unpaired) electrons. The highest BCUT2D eigenvalue weighted by Gasteiger charge is 2.26. The standard InChI is InChI=1S/C10H14N2O/c1-3-8-6(2)10(13)12-9(11-8)7-4-5-7/h7H,3-5H2,1-2H3,(H,11,12,13). The predicted molar refractivity (Wildman–Crippen MR) is 50.9 cm³/mol. The highest BCUT2D eigenvalue weighted by molar-refractivity contribution is 5.18. The SMILES string of the molecule is CCc1nc(C2CC2)[nH]c(=O)c1C. The molecular weight excluding hydrogens is 164 g/mol. The number of hydrogen-bond acceptors (Lipinski definition) is 2. The molecule has 1 saturated carbocycles. The third-order valence-corrected chi connectivity index (χ3v) is 2.57. The van der Waals surface area contributed by atoms with Crippen molar-refractivity contribution in [2.24, 2.45) is 0 Å². The molecule has 1 aromatic heterocycles. The summed E-state index contributed by atoms with van der Waals surface area (Å²) in [5.41, 5.74) is 1.76. The van der Waals surface area contributed by atoms with Crippen LogP contribution in [0.3, 0.4) is 0 Å². The van der Waals surface area contributed by atoms with Gasteiger partial charge in [-0.2, -0.15) is 0 Å². The van der Waals surface area contributed by atoms with Crippen LogP contribution in [0.25, 0.3) is 0 Å². The van der Waals surface area contributed by atoms with Gasteiger partial charge in [-0.25, -0.2) is 4.98 Å². The summed E-state index contributed by atoms with van der Waals surface area (Å²) < 4.78 is 0. The van der Waals surface area contributed by atoms with E-state index in [-0.39, 0.29) is 5.56 Å². The van der Waals surface area contributed by atoms with Gasteiger partial charge in [0.05, 0.1) is 5.69 Å². The lowest BCUT2D eigenvalue weighted by atomic mass is 10.2. The Morgan fingerprint density at radius 3 is 2.77 bits per heavy atom. The number of aromatic nitrogens is 2. The minimum atomic E-state index is 0.0359. The van der Waals surface area contributed by atoms with E-state index in [4.69, 9.17) is 0 Å². The number of nitrogens with zero attached hydrogens (tertiary/aromatic N) is 1. The summed E-state index contributed by atoms with van der Waals surface area (Å²) in [4.78, 5) is 18.8. The zero-order valence-corrected chi connectivity index (χ0v) is 8.05. The van der Waals surface area contributed by atoms with Crippen LogP contribution < -0.4 is 5.56 Å². The first kappa shape index (κ1) is 8.48. The van der Waals surface area contributed by atoms with E-state index in [0.717, 1.165) is 23.5 Å². The summed E-state index contributed by atoms with van der Waals surface area (Å²) in [6.07, 6.45) is 3.19. The zero-order valence-electron chi connectivity index (χ0n) is 8.05. The molecule has 0 amide bonds. The van der Waals surface area contributed by atoms with Crippen LogP contribution in [-0.4, -0.2) is 9.97 Å². The van der Waals surface area contributed by atoms with E-state index in [9.17, 15) is 4.79 Å². The van der Waals surface area contributed by atoms with E-state index in [0.29, 0.717) is 5.92 Å². The largest absolute Gasteiger partial charge is 0.310 e. The molecule has 3 heteroatoms. The van der Waals surface area contributed by atoms with Crippen molar-refractivity contribution in [1.82, 2.24) is 9.97 Å². The van der Waals surface area contributed by atoms with Crippen LogP contribution in [0.5, 0.6) is 0 Å². The van der Waals surface area contributed by atoms with Crippen LogP contribution in [-0.2, 0) is 6.42 Å². The van der Waals surface area contributed by atoms with Crippen LogP contribution in [0.4, 0.5) is 0 Å². The Morgan fingerprint density at radius 2 is 2.23 bits per heavy atom. The average Bonchev–Trinajstić information content (AvgIpc) is 2.92. The van der Waals surface area contributed by atoms with Crippen LogP contribution in [0.15, 0.2) is 4.79 Å². The molecule has 13 heavy (non-hydrogen) atoms. The first-order chi connectivity index (χ1) is 6.22. The van der Waals surface area contributed by atoms with Gasteiger partial charge in [-0.1, -0.05) is 6.92 Å². The molecule has 0 bridgehead atoms. The Balaban J connectivity index is 2.50. The van der Waals surface area contributed by atoms with E-state index >= 15 is 0 Å². The number of aromatic amines is 1. The maximum absolute atomic E-state index is 11.5. The van der Waals surface area contributed by atoms with Crippen molar-refractivity contribution >= 4 is 0 Å². The van der Waals surface area contributed by atoms with Gasteiger partial charge >= 0.3 is 0 Å². The Morgan fingerprint density at radius 1 is 1.54 bits per heavy atom. The fourth-order valence-electron chi connectivity index (χ4n) is 1.49. The molecule has 3 nitrogen and oxygen atoms in total. The van der Waals surface area contributed by atoms with Gasteiger partial charge in [0.25, 0.3) is 5.56 Å². The van der Waals surface area contributed by atoms with Gasteiger partial charge in [0, 0.05) is 11.5 Å². The predicted octanol–water partition coefficient (Wildman–Crippen LogP) is 1.52. The summed E-state index contributed by atoms with van der Waals surface area (Å²) in [6.45, 7) is 3.87. The van der Waals surface area contributed by atoms with Gasteiger partial charge in [-0.3, -0.25) is 4.79 Å². The molecule has 0 saturated heterocycles. The molecule has 0 aliphatic heterocycles. The van der Waals surface area contributed by atoms with Crippen molar-refractivity contribution in [2.75, 3.05) is 0 Å². The summed E-state index contributed by atoms with van der Waals surface area (Å²) in [7, 11) is 0. The molecule has 1 N–H and O–H groups in total. The molecule has 1 aliphatic carbocycles. The second-order valence-corrected chi connectivity index (χ2v) is 3.65. The van der Waals surface area contributed by atoms with E-state index in [1.807, 2.05) is 13.8 Å². The van der Waals surface area contributed by atoms with Gasteiger partial charge < -0.3 is 4.98 Å². The molecule has 1 aromatic rings. The molecule has 2 rings (SSSR count). The molecule has 0 atom stereocenters. The fraction of sp³-hybridized carbons (Fsp3) is 0.600. The lowest BCUT2D eigenvalue weighted by Crippen LogP contribution is -2.17. The third kappa shape index (κ3) is 1.50. The molecule has 70 valence electrons. The first-order valence-corrected chi connectivity index (χ1v) is 4.82. The summed E-state index contributed by atoms with van der Waals surface area (Å²) >= 11 is 0. The zero-order chi connectivity index (χ0) is 9.42. The number of aryl methyl sites for hydroxylation is 1. The molecule has 1 fully saturated rings. The Bertz CT molecular complexity index is 377. The molecule has 1 heterocycles. The molecular formula is C10H14N2O. The topological polar surface area (TPSA) is 45.8 Å².